The molecule has 27 heavy (non-hydrogen) atoms. The maximum atomic E-state index is 12.1. The first-order valence-electron chi connectivity index (χ1n) is 9.38. The van der Waals surface area contributed by atoms with E-state index in [9.17, 15) is 9.59 Å². The number of carbonyl (C=O) groups is 2. The van der Waals surface area contributed by atoms with Crippen LogP contribution < -0.4 is 16.0 Å². The predicted molar refractivity (Wildman–Crippen MR) is 111 cm³/mol. The molecule has 0 saturated carbocycles. The monoisotopic (exact) mass is 367 g/mol. The molecule has 5 nitrogen and oxygen atoms in total. The van der Waals surface area contributed by atoms with Crippen molar-refractivity contribution in [3.05, 3.63) is 59.7 Å². The number of para-hydroxylation sites is 1. The molecule has 5 heteroatoms. The third-order valence-electron chi connectivity index (χ3n) is 4.51. The number of nitrogens with zero attached hydrogens (tertiary/aromatic N) is 1. The quantitative estimate of drug-likeness (QED) is 0.498. The standard InChI is InChI=1S/C22H29N3O2/c1-25(2)19-13-11-17(12-14-19)22(27)24-15-7-3-4-9-20(26)16-18-8-5-6-10-21(18)23/h5-6,8,10-14H,3-4,7,9,15-16,23H2,1-2H3,(H,24,27). The zero-order chi connectivity index (χ0) is 19.6. The number of hydrogen-bond acceptors (Lipinski definition) is 4. The molecule has 0 aromatic heterocycles. The van der Waals surface area contributed by atoms with Crippen molar-refractivity contribution in [2.75, 3.05) is 31.3 Å². The topological polar surface area (TPSA) is 75.4 Å². The van der Waals surface area contributed by atoms with Crippen LogP contribution in [0.15, 0.2) is 48.5 Å². The molecule has 0 aliphatic carbocycles. The summed E-state index contributed by atoms with van der Waals surface area (Å²) in [6.45, 7) is 0.619. The summed E-state index contributed by atoms with van der Waals surface area (Å²) in [4.78, 5) is 26.1. The first-order chi connectivity index (χ1) is 13.0. The average molecular weight is 367 g/mol. The number of ketones is 1. The van der Waals surface area contributed by atoms with Crippen LogP contribution in [0.1, 0.15) is 41.6 Å². The van der Waals surface area contributed by atoms with Crippen LogP contribution in [0.2, 0.25) is 0 Å². The van der Waals surface area contributed by atoms with Crippen molar-refractivity contribution in [2.24, 2.45) is 0 Å². The van der Waals surface area contributed by atoms with Gasteiger partial charge in [0, 0.05) is 50.4 Å². The molecule has 0 bridgehead atoms. The number of amides is 1. The smallest absolute Gasteiger partial charge is 0.251 e. The van der Waals surface area contributed by atoms with Crippen molar-refractivity contribution in [1.82, 2.24) is 5.32 Å². The Balaban J connectivity index is 1.60. The minimum absolute atomic E-state index is 0.0593. The Morgan fingerprint density at radius 3 is 2.33 bits per heavy atom. The highest BCUT2D eigenvalue weighted by molar-refractivity contribution is 5.94. The van der Waals surface area contributed by atoms with E-state index in [1.165, 1.54) is 0 Å². The molecule has 3 N–H and O–H groups in total. The van der Waals surface area contributed by atoms with E-state index >= 15 is 0 Å². The van der Waals surface area contributed by atoms with Gasteiger partial charge in [-0.05, 0) is 48.7 Å². The van der Waals surface area contributed by atoms with E-state index in [1.54, 1.807) is 0 Å². The Bertz CT molecular complexity index is 754. The molecule has 0 aliphatic heterocycles. The molecule has 0 saturated heterocycles. The van der Waals surface area contributed by atoms with Crippen molar-refractivity contribution < 1.29 is 9.59 Å². The van der Waals surface area contributed by atoms with Crippen LogP contribution in [0.5, 0.6) is 0 Å². The summed E-state index contributed by atoms with van der Waals surface area (Å²) in [6, 6.07) is 15.0. The van der Waals surface area contributed by atoms with Crippen LogP contribution in [0, 0.1) is 0 Å². The lowest BCUT2D eigenvalue weighted by Crippen LogP contribution is -2.24. The number of anilines is 2. The number of nitrogens with two attached hydrogens (primary N) is 1. The van der Waals surface area contributed by atoms with E-state index in [-0.39, 0.29) is 11.7 Å². The third kappa shape index (κ3) is 6.77. The number of unbranched alkanes of at least 4 members (excludes halogenated alkanes) is 2. The number of nitrogens with one attached hydrogen (secondary N) is 1. The van der Waals surface area contributed by atoms with Crippen LogP contribution >= 0.6 is 0 Å². The van der Waals surface area contributed by atoms with Gasteiger partial charge >= 0.3 is 0 Å². The van der Waals surface area contributed by atoms with E-state index < -0.39 is 0 Å². The average Bonchev–Trinajstić information content (AvgIpc) is 2.66. The van der Waals surface area contributed by atoms with Crippen molar-refractivity contribution in [1.29, 1.82) is 0 Å². The number of rotatable bonds is 10. The summed E-state index contributed by atoms with van der Waals surface area (Å²) in [7, 11) is 3.93. The Hall–Kier alpha value is -2.82. The third-order valence-corrected chi connectivity index (χ3v) is 4.51. The molecule has 0 spiro atoms. The van der Waals surface area contributed by atoms with Crippen LogP contribution in [0.4, 0.5) is 11.4 Å². The van der Waals surface area contributed by atoms with Crippen molar-refractivity contribution in [3.63, 3.8) is 0 Å². The second-order valence-electron chi connectivity index (χ2n) is 6.92. The van der Waals surface area contributed by atoms with E-state index in [0.29, 0.717) is 30.6 Å². The highest BCUT2D eigenvalue weighted by atomic mass is 16.1. The SMILES string of the molecule is CN(C)c1ccc(C(=O)NCCCCCC(=O)Cc2ccccc2N)cc1. The summed E-state index contributed by atoms with van der Waals surface area (Å²) in [5.41, 5.74) is 9.17. The molecule has 0 fully saturated rings. The van der Waals surface area contributed by atoms with Gasteiger partial charge in [0.05, 0.1) is 0 Å². The number of Topliss-reactive ketones (excluding diaryl/α,β-unsaturated/α-hetero) is 1. The molecular formula is C22H29N3O2. The molecule has 0 unspecified atom stereocenters. The van der Waals surface area contributed by atoms with Crippen molar-refractivity contribution in [2.45, 2.75) is 32.1 Å². The van der Waals surface area contributed by atoms with E-state index in [1.807, 2.05) is 67.5 Å². The fourth-order valence-corrected chi connectivity index (χ4v) is 2.83. The summed E-state index contributed by atoms with van der Waals surface area (Å²) >= 11 is 0. The van der Waals surface area contributed by atoms with Crippen LogP contribution in [-0.4, -0.2) is 32.3 Å². The van der Waals surface area contributed by atoms with Gasteiger partial charge in [0.2, 0.25) is 0 Å². The van der Waals surface area contributed by atoms with Crippen LogP contribution in [0.3, 0.4) is 0 Å². The fourth-order valence-electron chi connectivity index (χ4n) is 2.83. The van der Waals surface area contributed by atoms with E-state index in [2.05, 4.69) is 5.32 Å². The highest BCUT2D eigenvalue weighted by Gasteiger charge is 2.07. The first-order valence-corrected chi connectivity index (χ1v) is 9.38. The molecule has 2 aromatic rings. The Labute approximate surface area is 161 Å². The van der Waals surface area contributed by atoms with Crippen LogP contribution in [-0.2, 0) is 11.2 Å². The Kier molecular flexibility index (Phi) is 7.86. The number of nitrogen functional groups attached to an aromatic ring is 1. The second-order valence-corrected chi connectivity index (χ2v) is 6.92. The summed E-state index contributed by atoms with van der Waals surface area (Å²) < 4.78 is 0. The molecule has 0 aliphatic rings. The van der Waals surface area contributed by atoms with E-state index in [0.717, 1.165) is 30.5 Å². The van der Waals surface area contributed by atoms with Crippen LogP contribution in [0.25, 0.3) is 0 Å². The molecular weight excluding hydrogens is 338 g/mol. The number of carbonyl (C=O) groups excluding carboxylic acids is 2. The number of benzene rings is 2. The molecule has 0 heterocycles. The van der Waals surface area contributed by atoms with Gasteiger partial charge in [-0.3, -0.25) is 9.59 Å². The normalized spacial score (nSPS) is 10.4. The summed E-state index contributed by atoms with van der Waals surface area (Å²) in [5, 5.41) is 2.93. The largest absolute Gasteiger partial charge is 0.398 e. The molecule has 1 amide bonds. The minimum atomic E-state index is -0.0593. The minimum Gasteiger partial charge on any atom is -0.398 e. The van der Waals surface area contributed by atoms with Gasteiger partial charge in [0.25, 0.3) is 5.91 Å². The Morgan fingerprint density at radius 2 is 1.67 bits per heavy atom. The summed E-state index contributed by atoms with van der Waals surface area (Å²) in [6.07, 6.45) is 3.55. The second kappa shape index (κ2) is 10.4. The Morgan fingerprint density at radius 1 is 0.963 bits per heavy atom. The molecule has 0 radical (unpaired) electrons. The first kappa shape index (κ1) is 20.5. The predicted octanol–water partition coefficient (Wildman–Crippen LogP) is 3.44. The zero-order valence-corrected chi connectivity index (χ0v) is 16.2. The fraction of sp³-hybridized carbons (Fsp3) is 0.364. The van der Waals surface area contributed by atoms with Gasteiger partial charge < -0.3 is 16.0 Å². The van der Waals surface area contributed by atoms with Gasteiger partial charge in [0.15, 0.2) is 0 Å². The van der Waals surface area contributed by atoms with Gasteiger partial charge in [-0.2, -0.15) is 0 Å². The lowest BCUT2D eigenvalue weighted by molar-refractivity contribution is -0.118. The molecule has 0 atom stereocenters. The van der Waals surface area contributed by atoms with Gasteiger partial charge in [-0.15, -0.1) is 0 Å². The van der Waals surface area contributed by atoms with E-state index in [4.69, 9.17) is 5.73 Å². The number of hydrogen-bond donors (Lipinski definition) is 2. The molecule has 144 valence electrons. The lowest BCUT2D eigenvalue weighted by Gasteiger charge is -2.12. The maximum Gasteiger partial charge on any atom is 0.251 e. The maximum absolute atomic E-state index is 12.1. The van der Waals surface area contributed by atoms with Gasteiger partial charge in [-0.25, -0.2) is 0 Å². The lowest BCUT2D eigenvalue weighted by atomic mass is 10.0. The van der Waals surface area contributed by atoms with Gasteiger partial charge in [-0.1, -0.05) is 24.6 Å². The van der Waals surface area contributed by atoms with Gasteiger partial charge in [0.1, 0.15) is 5.78 Å². The van der Waals surface area contributed by atoms with Crippen molar-refractivity contribution in [3.8, 4) is 0 Å². The highest BCUT2D eigenvalue weighted by Crippen LogP contribution is 2.14. The summed E-state index contributed by atoms with van der Waals surface area (Å²) in [5.74, 6) is 0.147. The molecule has 2 aromatic carbocycles. The zero-order valence-electron chi connectivity index (χ0n) is 16.2. The van der Waals surface area contributed by atoms with Crippen molar-refractivity contribution >= 4 is 23.1 Å². The molecule has 2 rings (SSSR count).